The monoisotopic (exact) mass is 307 g/mol. The average molecular weight is 308 g/mol. The Kier molecular flexibility index (Phi) is 5.63. The van der Waals surface area contributed by atoms with Gasteiger partial charge in [-0.2, -0.15) is 0 Å². The van der Waals surface area contributed by atoms with Gasteiger partial charge in [-0.1, -0.05) is 23.4 Å². The van der Waals surface area contributed by atoms with Crippen LogP contribution in [0.3, 0.4) is 0 Å². The van der Waals surface area contributed by atoms with Crippen molar-refractivity contribution in [2.24, 2.45) is 0 Å². The Morgan fingerprint density at radius 1 is 1.57 bits per heavy atom. The van der Waals surface area contributed by atoms with Crippen molar-refractivity contribution in [1.82, 2.24) is 4.90 Å². The minimum atomic E-state index is -0.0358. The van der Waals surface area contributed by atoms with Gasteiger partial charge in [0.25, 0.3) is 5.91 Å². The number of aliphatic hydroxyl groups is 1. The lowest BCUT2D eigenvalue weighted by atomic mass is 10.1. The Labute approximate surface area is 129 Å². The van der Waals surface area contributed by atoms with Gasteiger partial charge in [-0.3, -0.25) is 4.79 Å². The number of likely N-dealkylation sites (tertiary alicyclic amines) is 1. The molecule has 1 amide bonds. The second-order valence-electron chi connectivity index (χ2n) is 4.87. The van der Waals surface area contributed by atoms with Crippen molar-refractivity contribution in [3.05, 3.63) is 34.3 Å². The number of hydrogen-bond acceptors (Lipinski definition) is 3. The fraction of sp³-hybridized carbons (Fsp3) is 0.438. The maximum atomic E-state index is 12.4. The third-order valence-corrected chi connectivity index (χ3v) is 3.75. The summed E-state index contributed by atoms with van der Waals surface area (Å²) in [7, 11) is 1.66. The standard InChI is InChI=1S/C16H18ClNO3/c1-21-14-7-8-18(11-14)16(20)13-6-5-12(15(17)10-13)4-2-3-9-19/h5-6,10,14,19H,3,7-9,11H2,1H3. The number of rotatable bonds is 3. The molecule has 1 aliphatic heterocycles. The molecule has 1 saturated heterocycles. The molecular weight excluding hydrogens is 290 g/mol. The molecule has 21 heavy (non-hydrogen) atoms. The van der Waals surface area contributed by atoms with E-state index in [1.807, 2.05) is 0 Å². The molecule has 4 nitrogen and oxygen atoms in total. The molecule has 0 aliphatic carbocycles. The molecule has 1 N–H and O–H groups in total. The van der Waals surface area contributed by atoms with E-state index in [1.165, 1.54) is 0 Å². The van der Waals surface area contributed by atoms with Crippen LogP contribution < -0.4 is 0 Å². The summed E-state index contributed by atoms with van der Waals surface area (Å²) in [6.45, 7) is 1.34. The van der Waals surface area contributed by atoms with Crippen LogP contribution in [0.4, 0.5) is 0 Å². The highest BCUT2D eigenvalue weighted by Crippen LogP contribution is 2.20. The number of hydrogen-bond donors (Lipinski definition) is 1. The SMILES string of the molecule is COC1CCN(C(=O)c2ccc(C#CCCO)c(Cl)c2)C1. The summed E-state index contributed by atoms with van der Waals surface area (Å²) in [6.07, 6.45) is 1.39. The minimum Gasteiger partial charge on any atom is -0.395 e. The van der Waals surface area contributed by atoms with Gasteiger partial charge in [0.15, 0.2) is 0 Å². The lowest BCUT2D eigenvalue weighted by Crippen LogP contribution is -2.29. The highest BCUT2D eigenvalue weighted by Gasteiger charge is 2.26. The number of methoxy groups -OCH3 is 1. The molecule has 0 spiro atoms. The molecule has 0 aromatic heterocycles. The fourth-order valence-electron chi connectivity index (χ4n) is 2.25. The van der Waals surface area contributed by atoms with E-state index in [0.29, 0.717) is 35.7 Å². The Hall–Kier alpha value is -1.54. The van der Waals surface area contributed by atoms with Gasteiger partial charge in [0, 0.05) is 37.7 Å². The van der Waals surface area contributed by atoms with Crippen molar-refractivity contribution in [3.8, 4) is 11.8 Å². The topological polar surface area (TPSA) is 49.8 Å². The number of benzene rings is 1. The highest BCUT2D eigenvalue weighted by molar-refractivity contribution is 6.32. The van der Waals surface area contributed by atoms with E-state index in [-0.39, 0.29) is 18.6 Å². The van der Waals surface area contributed by atoms with Gasteiger partial charge in [0.1, 0.15) is 0 Å². The highest BCUT2D eigenvalue weighted by atomic mass is 35.5. The van der Waals surface area contributed by atoms with Gasteiger partial charge in [0.05, 0.1) is 17.7 Å². The summed E-state index contributed by atoms with van der Waals surface area (Å²) >= 11 is 6.15. The van der Waals surface area contributed by atoms with Crippen LogP contribution in [-0.2, 0) is 4.74 Å². The first kappa shape index (κ1) is 15.8. The molecule has 5 heteroatoms. The van der Waals surface area contributed by atoms with Gasteiger partial charge >= 0.3 is 0 Å². The zero-order chi connectivity index (χ0) is 15.2. The van der Waals surface area contributed by atoms with Crippen LogP contribution in [-0.4, -0.2) is 48.8 Å². The van der Waals surface area contributed by atoms with Gasteiger partial charge < -0.3 is 14.7 Å². The third kappa shape index (κ3) is 3.98. The Morgan fingerprint density at radius 2 is 2.38 bits per heavy atom. The van der Waals surface area contributed by atoms with Crippen molar-refractivity contribution < 1.29 is 14.6 Å². The van der Waals surface area contributed by atoms with Crippen LogP contribution >= 0.6 is 11.6 Å². The maximum Gasteiger partial charge on any atom is 0.253 e. The average Bonchev–Trinajstić information content (AvgIpc) is 2.97. The Bertz CT molecular complexity index is 577. The zero-order valence-corrected chi connectivity index (χ0v) is 12.7. The van der Waals surface area contributed by atoms with Crippen LogP contribution in [0.25, 0.3) is 0 Å². The number of carbonyl (C=O) groups is 1. The van der Waals surface area contributed by atoms with Gasteiger partial charge in [-0.25, -0.2) is 0 Å². The molecule has 2 rings (SSSR count). The minimum absolute atomic E-state index is 0.0246. The van der Waals surface area contributed by atoms with Gasteiger partial charge in [-0.15, -0.1) is 0 Å². The lowest BCUT2D eigenvalue weighted by Gasteiger charge is -2.16. The van der Waals surface area contributed by atoms with Crippen LogP contribution in [0.15, 0.2) is 18.2 Å². The summed E-state index contributed by atoms with van der Waals surface area (Å²) in [5, 5.41) is 9.15. The van der Waals surface area contributed by atoms with Crippen molar-refractivity contribution in [2.45, 2.75) is 18.9 Å². The van der Waals surface area contributed by atoms with E-state index in [9.17, 15) is 4.79 Å². The summed E-state index contributed by atoms with van der Waals surface area (Å²) in [4.78, 5) is 14.1. The van der Waals surface area contributed by atoms with Crippen LogP contribution in [0.1, 0.15) is 28.8 Å². The van der Waals surface area contributed by atoms with E-state index >= 15 is 0 Å². The lowest BCUT2D eigenvalue weighted by molar-refractivity contribution is 0.0724. The van der Waals surface area contributed by atoms with Crippen molar-refractivity contribution in [1.29, 1.82) is 0 Å². The normalized spacial score (nSPS) is 17.5. The van der Waals surface area contributed by atoms with Crippen LogP contribution in [0, 0.1) is 11.8 Å². The molecule has 0 saturated carbocycles. The van der Waals surface area contributed by atoms with E-state index in [4.69, 9.17) is 21.4 Å². The molecule has 1 fully saturated rings. The predicted molar refractivity (Wildman–Crippen MR) is 81.4 cm³/mol. The summed E-state index contributed by atoms with van der Waals surface area (Å²) in [5.74, 6) is 5.66. The van der Waals surface area contributed by atoms with Crippen molar-refractivity contribution >= 4 is 17.5 Å². The molecule has 1 aliphatic rings. The number of nitrogens with zero attached hydrogens (tertiary/aromatic N) is 1. The molecule has 0 radical (unpaired) electrons. The van der Waals surface area contributed by atoms with Crippen molar-refractivity contribution in [2.75, 3.05) is 26.8 Å². The molecule has 1 heterocycles. The maximum absolute atomic E-state index is 12.4. The summed E-state index contributed by atoms with van der Waals surface area (Å²) in [6, 6.07) is 5.12. The predicted octanol–water partition coefficient (Wildman–Crippen LogP) is 1.93. The van der Waals surface area contributed by atoms with Gasteiger partial charge in [0.2, 0.25) is 0 Å². The van der Waals surface area contributed by atoms with Crippen molar-refractivity contribution in [3.63, 3.8) is 0 Å². The van der Waals surface area contributed by atoms with E-state index in [0.717, 1.165) is 6.42 Å². The molecular formula is C16H18ClNO3. The number of ether oxygens (including phenoxy) is 1. The Balaban J connectivity index is 2.10. The number of amides is 1. The third-order valence-electron chi connectivity index (χ3n) is 3.44. The second-order valence-corrected chi connectivity index (χ2v) is 5.27. The van der Waals surface area contributed by atoms with E-state index < -0.39 is 0 Å². The Morgan fingerprint density at radius 3 is 3.00 bits per heavy atom. The molecule has 112 valence electrons. The van der Waals surface area contributed by atoms with Crippen LogP contribution in [0.5, 0.6) is 0 Å². The molecule has 1 atom stereocenters. The van der Waals surface area contributed by atoms with E-state index in [1.54, 1.807) is 30.2 Å². The molecule has 1 aromatic rings. The van der Waals surface area contributed by atoms with Gasteiger partial charge in [-0.05, 0) is 24.6 Å². The first-order valence-electron chi connectivity index (χ1n) is 6.87. The zero-order valence-electron chi connectivity index (χ0n) is 11.9. The first-order chi connectivity index (χ1) is 10.2. The summed E-state index contributed by atoms with van der Waals surface area (Å²) < 4.78 is 5.27. The quantitative estimate of drug-likeness (QED) is 0.868. The molecule has 0 bridgehead atoms. The smallest absolute Gasteiger partial charge is 0.253 e. The number of carbonyl (C=O) groups excluding carboxylic acids is 1. The molecule has 1 aromatic carbocycles. The summed E-state index contributed by atoms with van der Waals surface area (Å²) in [5.41, 5.74) is 1.22. The first-order valence-corrected chi connectivity index (χ1v) is 7.25. The largest absolute Gasteiger partial charge is 0.395 e. The fourth-order valence-corrected chi connectivity index (χ4v) is 2.48. The number of halogens is 1. The van der Waals surface area contributed by atoms with Crippen LogP contribution in [0.2, 0.25) is 5.02 Å². The molecule has 1 unspecified atom stereocenters. The number of aliphatic hydroxyl groups excluding tert-OH is 1. The second kappa shape index (κ2) is 7.46. The van der Waals surface area contributed by atoms with E-state index in [2.05, 4.69) is 11.8 Å².